The van der Waals surface area contributed by atoms with Crippen LogP contribution in [0.1, 0.15) is 0 Å². The number of phosphoric acid groups is 1. The van der Waals surface area contributed by atoms with Crippen molar-refractivity contribution in [3.8, 4) is 0 Å². The summed E-state index contributed by atoms with van der Waals surface area (Å²) in [5, 5.41) is 35.8. The number of aliphatic hydroxyl groups is 4. The summed E-state index contributed by atoms with van der Waals surface area (Å²) in [5.41, 5.74) is 5.03. The number of hydrogen-bond acceptors (Lipinski definition) is 8. The highest BCUT2D eigenvalue weighted by Gasteiger charge is 2.50. The molecule has 0 fully saturated rings. The predicted molar refractivity (Wildman–Crippen MR) is 51.2 cm³/mol. The monoisotopic (exact) mass is 275 g/mol. The standard InChI is InChI=1S/C6H14NO9P/c7-3(1-8)5(11)6(12,4(10)2-9)16-17(13,14)15/h3-4,8-10,12H,1-2,7H2,(H2,13,14,15)/t3-,4+,6-/m0/s1. The van der Waals surface area contributed by atoms with Gasteiger partial charge < -0.3 is 35.9 Å². The van der Waals surface area contributed by atoms with Crippen LogP contribution >= 0.6 is 7.82 Å². The van der Waals surface area contributed by atoms with Gasteiger partial charge in [-0.15, -0.1) is 0 Å². The van der Waals surface area contributed by atoms with Gasteiger partial charge >= 0.3 is 7.82 Å². The van der Waals surface area contributed by atoms with Gasteiger partial charge in [0.15, 0.2) is 0 Å². The number of Topliss-reactive ketones (excluding diaryl/α,β-unsaturated/α-hetero) is 1. The highest BCUT2D eigenvalue weighted by Crippen LogP contribution is 2.42. The molecule has 0 heterocycles. The first-order chi connectivity index (χ1) is 7.58. The zero-order chi connectivity index (χ0) is 13.9. The molecule has 11 heteroatoms. The SMILES string of the molecule is N[C@@H](CO)C(=O)[C@@](O)(OP(=O)(O)O)[C@H](O)CO. The first-order valence-electron chi connectivity index (χ1n) is 4.26. The predicted octanol–water partition coefficient (Wildman–Crippen LogP) is -3.97. The van der Waals surface area contributed by atoms with Crippen molar-refractivity contribution in [3.63, 3.8) is 0 Å². The molecule has 0 saturated carbocycles. The van der Waals surface area contributed by atoms with Gasteiger partial charge in [-0.05, 0) is 0 Å². The third-order valence-electron chi connectivity index (χ3n) is 1.77. The van der Waals surface area contributed by atoms with E-state index in [-0.39, 0.29) is 0 Å². The Labute approximate surface area is 95.5 Å². The molecule has 8 N–H and O–H groups in total. The van der Waals surface area contributed by atoms with Gasteiger partial charge in [0.25, 0.3) is 5.79 Å². The minimum Gasteiger partial charge on any atom is -0.394 e. The Morgan fingerprint density at radius 1 is 1.35 bits per heavy atom. The Hall–Kier alpha value is -0.420. The number of carbonyl (C=O) groups excluding carboxylic acids is 1. The summed E-state index contributed by atoms with van der Waals surface area (Å²) in [6.07, 6.45) is -2.33. The van der Waals surface area contributed by atoms with Crippen molar-refractivity contribution < 1.29 is 44.1 Å². The number of aliphatic hydroxyl groups excluding tert-OH is 3. The van der Waals surface area contributed by atoms with Crippen LogP contribution in [-0.4, -0.2) is 67.1 Å². The molecule has 0 amide bonds. The second-order valence-corrected chi connectivity index (χ2v) is 4.29. The lowest BCUT2D eigenvalue weighted by molar-refractivity contribution is -0.219. The van der Waals surface area contributed by atoms with E-state index in [9.17, 15) is 14.5 Å². The maximum atomic E-state index is 11.4. The molecule has 102 valence electrons. The van der Waals surface area contributed by atoms with Gasteiger partial charge in [0, 0.05) is 0 Å². The third-order valence-corrected chi connectivity index (χ3v) is 2.29. The lowest BCUT2D eigenvalue weighted by atomic mass is 10.0. The van der Waals surface area contributed by atoms with Gasteiger partial charge in [-0.2, -0.15) is 0 Å². The van der Waals surface area contributed by atoms with Gasteiger partial charge in [0.05, 0.1) is 19.3 Å². The fraction of sp³-hybridized carbons (Fsp3) is 0.833. The van der Waals surface area contributed by atoms with E-state index in [0.29, 0.717) is 0 Å². The smallest absolute Gasteiger partial charge is 0.394 e. The van der Waals surface area contributed by atoms with Crippen LogP contribution in [0.15, 0.2) is 0 Å². The molecule has 0 aromatic rings. The molecule has 0 aromatic carbocycles. The Kier molecular flexibility index (Phi) is 5.81. The van der Waals surface area contributed by atoms with E-state index in [2.05, 4.69) is 4.52 Å². The average Bonchev–Trinajstić information content (AvgIpc) is 2.23. The van der Waals surface area contributed by atoms with Gasteiger partial charge in [-0.1, -0.05) is 0 Å². The Morgan fingerprint density at radius 3 is 2.12 bits per heavy atom. The lowest BCUT2D eigenvalue weighted by Crippen LogP contribution is -2.59. The molecule has 0 aliphatic rings. The normalized spacial score (nSPS) is 19.5. The molecule has 0 rings (SSSR count). The molecule has 0 saturated heterocycles. The largest absolute Gasteiger partial charge is 0.472 e. The van der Waals surface area contributed by atoms with Gasteiger partial charge in [-0.25, -0.2) is 9.09 Å². The first-order valence-corrected chi connectivity index (χ1v) is 5.80. The lowest BCUT2D eigenvalue weighted by Gasteiger charge is -2.31. The summed E-state index contributed by atoms with van der Waals surface area (Å²) in [4.78, 5) is 28.4. The van der Waals surface area contributed by atoms with E-state index in [1.54, 1.807) is 0 Å². The van der Waals surface area contributed by atoms with E-state index in [4.69, 9.17) is 30.8 Å². The molecule has 0 aliphatic carbocycles. The third kappa shape index (κ3) is 4.39. The van der Waals surface area contributed by atoms with E-state index < -0.39 is 44.8 Å². The molecule has 17 heavy (non-hydrogen) atoms. The van der Waals surface area contributed by atoms with Crippen molar-refractivity contribution in [2.45, 2.75) is 17.9 Å². The van der Waals surface area contributed by atoms with Crippen LogP contribution < -0.4 is 5.73 Å². The number of rotatable bonds is 7. The fourth-order valence-electron chi connectivity index (χ4n) is 0.924. The molecule has 0 aliphatic heterocycles. The van der Waals surface area contributed by atoms with E-state index in [0.717, 1.165) is 0 Å². The summed E-state index contributed by atoms with van der Waals surface area (Å²) < 4.78 is 14.3. The van der Waals surface area contributed by atoms with Crippen molar-refractivity contribution in [3.05, 3.63) is 0 Å². The molecule has 0 radical (unpaired) electrons. The number of ketones is 1. The molecule has 0 aromatic heterocycles. The van der Waals surface area contributed by atoms with Crippen LogP contribution in [0.2, 0.25) is 0 Å². The van der Waals surface area contributed by atoms with Crippen LogP contribution in [0.5, 0.6) is 0 Å². The fourth-order valence-corrected chi connectivity index (χ4v) is 1.50. The summed E-state index contributed by atoms with van der Waals surface area (Å²) in [5.74, 6) is -4.99. The highest BCUT2D eigenvalue weighted by atomic mass is 31.2. The second kappa shape index (κ2) is 5.96. The molecular formula is C6H14NO9P. The van der Waals surface area contributed by atoms with Crippen LogP contribution in [0, 0.1) is 0 Å². The molecule has 3 atom stereocenters. The number of carbonyl (C=O) groups is 1. The maximum absolute atomic E-state index is 11.4. The van der Waals surface area contributed by atoms with Crippen molar-refractivity contribution >= 4 is 13.6 Å². The Balaban J connectivity index is 5.24. The minimum absolute atomic E-state index is 0.955. The quantitative estimate of drug-likeness (QED) is 0.178. The zero-order valence-electron chi connectivity index (χ0n) is 8.50. The van der Waals surface area contributed by atoms with Crippen molar-refractivity contribution in [2.24, 2.45) is 5.73 Å². The summed E-state index contributed by atoms with van der Waals surface area (Å²) >= 11 is 0. The van der Waals surface area contributed by atoms with Gasteiger partial charge in [0.2, 0.25) is 5.78 Å². The van der Waals surface area contributed by atoms with Crippen LogP contribution in [0.3, 0.4) is 0 Å². The number of phosphoric ester groups is 1. The molecular weight excluding hydrogens is 261 g/mol. The van der Waals surface area contributed by atoms with Crippen molar-refractivity contribution in [1.29, 1.82) is 0 Å². The van der Waals surface area contributed by atoms with E-state index in [1.165, 1.54) is 0 Å². The van der Waals surface area contributed by atoms with Gasteiger partial charge in [0.1, 0.15) is 6.10 Å². The second-order valence-electron chi connectivity index (χ2n) is 3.13. The molecule has 0 bridgehead atoms. The first kappa shape index (κ1) is 16.6. The molecule has 0 spiro atoms. The average molecular weight is 275 g/mol. The maximum Gasteiger partial charge on any atom is 0.472 e. The summed E-state index contributed by atoms with van der Waals surface area (Å²) in [6, 6.07) is -1.74. The van der Waals surface area contributed by atoms with Crippen molar-refractivity contribution in [2.75, 3.05) is 13.2 Å². The van der Waals surface area contributed by atoms with Crippen LogP contribution in [-0.2, 0) is 13.9 Å². The Bertz CT molecular complexity index is 317. The van der Waals surface area contributed by atoms with E-state index in [1.807, 2.05) is 0 Å². The topological polar surface area (TPSA) is 191 Å². The zero-order valence-corrected chi connectivity index (χ0v) is 9.40. The minimum atomic E-state index is -5.34. The number of nitrogens with two attached hydrogens (primary N) is 1. The van der Waals surface area contributed by atoms with Crippen LogP contribution in [0.4, 0.5) is 0 Å². The summed E-state index contributed by atoms with van der Waals surface area (Å²) in [7, 11) is -5.34. The summed E-state index contributed by atoms with van der Waals surface area (Å²) in [6.45, 7) is -2.18. The van der Waals surface area contributed by atoms with Gasteiger partial charge in [-0.3, -0.25) is 4.79 Å². The molecule has 10 nitrogen and oxygen atoms in total. The van der Waals surface area contributed by atoms with E-state index >= 15 is 0 Å². The van der Waals surface area contributed by atoms with Crippen LogP contribution in [0.25, 0.3) is 0 Å². The highest BCUT2D eigenvalue weighted by molar-refractivity contribution is 7.46. The van der Waals surface area contributed by atoms with Crippen molar-refractivity contribution in [1.82, 2.24) is 0 Å². The number of hydrogen-bond donors (Lipinski definition) is 7. The molecule has 0 unspecified atom stereocenters. The Morgan fingerprint density at radius 2 is 1.82 bits per heavy atom.